The molecule has 0 aromatic carbocycles. The maximum Gasteiger partial charge on any atom is 0.111 e. The first-order valence-corrected chi connectivity index (χ1v) is 6.67. The van der Waals surface area contributed by atoms with Crippen LogP contribution in [0.2, 0.25) is 0 Å². The van der Waals surface area contributed by atoms with Crippen molar-refractivity contribution < 1.29 is 5.11 Å². The van der Waals surface area contributed by atoms with Crippen molar-refractivity contribution in [1.29, 1.82) is 0 Å². The van der Waals surface area contributed by atoms with Crippen molar-refractivity contribution in [2.24, 2.45) is 5.92 Å². The molecule has 0 fully saturated rings. The number of rotatable bonds is 7. The zero-order valence-electron chi connectivity index (χ0n) is 11.5. The molecule has 1 N–H and O–H groups in total. The molecule has 0 spiro atoms. The van der Waals surface area contributed by atoms with Gasteiger partial charge in [-0.15, -0.1) is 5.10 Å². The molecule has 0 aliphatic carbocycles. The minimum absolute atomic E-state index is 0.00637. The van der Waals surface area contributed by atoms with Crippen LogP contribution in [0, 0.1) is 5.92 Å². The smallest absolute Gasteiger partial charge is 0.111 e. The summed E-state index contributed by atoms with van der Waals surface area (Å²) in [6, 6.07) is 0.407. The highest BCUT2D eigenvalue weighted by atomic mass is 16.3. The number of aromatic nitrogens is 3. The van der Waals surface area contributed by atoms with Gasteiger partial charge in [-0.3, -0.25) is 0 Å². The molecular formula is C13H25N3O. The highest BCUT2D eigenvalue weighted by Gasteiger charge is 2.17. The first-order valence-electron chi connectivity index (χ1n) is 6.67. The Bertz CT molecular complexity index is 329. The van der Waals surface area contributed by atoms with Crippen LogP contribution < -0.4 is 0 Å². The number of aliphatic hydroxyl groups excluding tert-OH is 1. The Labute approximate surface area is 104 Å². The van der Waals surface area contributed by atoms with Crippen molar-refractivity contribution in [3.05, 3.63) is 11.4 Å². The van der Waals surface area contributed by atoms with Gasteiger partial charge in [-0.05, 0) is 31.6 Å². The molecular weight excluding hydrogens is 214 g/mol. The molecule has 4 heteroatoms. The first-order chi connectivity index (χ1) is 8.13. The van der Waals surface area contributed by atoms with Crippen molar-refractivity contribution in [3.63, 3.8) is 0 Å². The third kappa shape index (κ3) is 3.53. The van der Waals surface area contributed by atoms with E-state index in [2.05, 4.69) is 38.0 Å². The normalized spacial score (nSPS) is 11.7. The average Bonchev–Trinajstić information content (AvgIpc) is 2.71. The average molecular weight is 239 g/mol. The van der Waals surface area contributed by atoms with Gasteiger partial charge in [0, 0.05) is 0 Å². The monoisotopic (exact) mass is 239 g/mol. The Kier molecular flexibility index (Phi) is 5.62. The lowest BCUT2D eigenvalue weighted by Crippen LogP contribution is -2.13. The summed E-state index contributed by atoms with van der Waals surface area (Å²) < 4.78 is 2.02. The molecule has 1 aromatic rings. The van der Waals surface area contributed by atoms with Crippen LogP contribution in [-0.4, -0.2) is 20.1 Å². The van der Waals surface area contributed by atoms with Crippen LogP contribution in [0.5, 0.6) is 0 Å². The summed E-state index contributed by atoms with van der Waals surface area (Å²) in [6.07, 6.45) is 4.18. The van der Waals surface area contributed by atoms with Crippen LogP contribution in [0.25, 0.3) is 0 Å². The van der Waals surface area contributed by atoms with E-state index in [1.807, 2.05) is 4.68 Å². The van der Waals surface area contributed by atoms with Crippen LogP contribution in [-0.2, 0) is 13.0 Å². The molecule has 0 atom stereocenters. The molecule has 1 heterocycles. The van der Waals surface area contributed by atoms with Gasteiger partial charge in [0.15, 0.2) is 0 Å². The second-order valence-electron chi connectivity index (χ2n) is 4.99. The zero-order valence-corrected chi connectivity index (χ0v) is 11.5. The largest absolute Gasteiger partial charge is 0.390 e. The van der Waals surface area contributed by atoms with Gasteiger partial charge >= 0.3 is 0 Å². The molecule has 98 valence electrons. The van der Waals surface area contributed by atoms with Crippen molar-refractivity contribution in [2.45, 2.75) is 66.0 Å². The number of aliphatic hydroxyl groups is 1. The summed E-state index contributed by atoms with van der Waals surface area (Å²) in [6.45, 7) is 8.75. The van der Waals surface area contributed by atoms with Crippen LogP contribution in [0.1, 0.15) is 64.4 Å². The second-order valence-corrected chi connectivity index (χ2v) is 4.99. The fraction of sp³-hybridized carbons (Fsp3) is 0.846. The number of nitrogens with zero attached hydrogens (tertiary/aromatic N) is 3. The molecule has 1 aromatic heterocycles. The van der Waals surface area contributed by atoms with Crippen LogP contribution >= 0.6 is 0 Å². The maximum atomic E-state index is 9.31. The Balaban J connectivity index is 2.92. The highest BCUT2D eigenvalue weighted by molar-refractivity contribution is 5.10. The van der Waals surface area contributed by atoms with Crippen molar-refractivity contribution in [2.75, 3.05) is 0 Å². The van der Waals surface area contributed by atoms with Gasteiger partial charge in [-0.2, -0.15) is 0 Å². The molecule has 0 amide bonds. The summed E-state index contributed by atoms with van der Waals surface area (Å²) >= 11 is 0. The lowest BCUT2D eigenvalue weighted by atomic mass is 10.0. The van der Waals surface area contributed by atoms with Gasteiger partial charge in [0.2, 0.25) is 0 Å². The lowest BCUT2D eigenvalue weighted by molar-refractivity contribution is 0.275. The Morgan fingerprint density at radius 2 is 1.88 bits per heavy atom. The minimum Gasteiger partial charge on any atom is -0.390 e. The number of hydrogen-bond acceptors (Lipinski definition) is 3. The molecule has 0 unspecified atom stereocenters. The molecule has 4 nitrogen and oxygen atoms in total. The standard InChI is InChI=1S/C13H25N3O/c1-5-11(6-2)16-13(8-7-10(3)4)12(9-17)14-15-16/h10-11,17H,5-9H2,1-4H3. The fourth-order valence-electron chi connectivity index (χ4n) is 2.08. The lowest BCUT2D eigenvalue weighted by Gasteiger charge is -2.16. The van der Waals surface area contributed by atoms with Gasteiger partial charge < -0.3 is 5.11 Å². The summed E-state index contributed by atoms with van der Waals surface area (Å²) in [5, 5.41) is 17.6. The summed E-state index contributed by atoms with van der Waals surface area (Å²) in [4.78, 5) is 0. The van der Waals surface area contributed by atoms with Gasteiger partial charge in [0.1, 0.15) is 5.69 Å². The maximum absolute atomic E-state index is 9.31. The van der Waals surface area contributed by atoms with Gasteiger partial charge in [-0.25, -0.2) is 4.68 Å². The van der Waals surface area contributed by atoms with Crippen LogP contribution in [0.4, 0.5) is 0 Å². The topological polar surface area (TPSA) is 50.9 Å². The van der Waals surface area contributed by atoms with E-state index < -0.39 is 0 Å². The SMILES string of the molecule is CCC(CC)n1nnc(CO)c1CCC(C)C. The van der Waals surface area contributed by atoms with Crippen LogP contribution in [0.15, 0.2) is 0 Å². The van der Waals surface area contributed by atoms with E-state index in [1.165, 1.54) is 0 Å². The van der Waals surface area contributed by atoms with E-state index in [4.69, 9.17) is 0 Å². The highest BCUT2D eigenvalue weighted by Crippen LogP contribution is 2.20. The molecule has 0 bridgehead atoms. The van der Waals surface area contributed by atoms with Crippen molar-refractivity contribution >= 4 is 0 Å². The predicted molar refractivity (Wildman–Crippen MR) is 68.7 cm³/mol. The quantitative estimate of drug-likeness (QED) is 0.796. The molecule has 0 aliphatic heterocycles. The summed E-state index contributed by atoms with van der Waals surface area (Å²) in [7, 11) is 0. The number of hydrogen-bond donors (Lipinski definition) is 1. The molecule has 0 saturated carbocycles. The van der Waals surface area contributed by atoms with Crippen molar-refractivity contribution in [3.8, 4) is 0 Å². The zero-order chi connectivity index (χ0) is 12.8. The van der Waals surface area contributed by atoms with E-state index in [-0.39, 0.29) is 6.61 Å². The summed E-state index contributed by atoms with van der Waals surface area (Å²) in [5.41, 5.74) is 1.87. The van der Waals surface area contributed by atoms with Gasteiger partial charge in [-0.1, -0.05) is 32.9 Å². The van der Waals surface area contributed by atoms with E-state index in [0.29, 0.717) is 12.0 Å². The van der Waals surface area contributed by atoms with E-state index in [1.54, 1.807) is 0 Å². The Morgan fingerprint density at radius 1 is 1.24 bits per heavy atom. The van der Waals surface area contributed by atoms with E-state index >= 15 is 0 Å². The second kappa shape index (κ2) is 6.74. The van der Waals surface area contributed by atoms with E-state index in [9.17, 15) is 5.11 Å². The van der Waals surface area contributed by atoms with Gasteiger partial charge in [0.25, 0.3) is 0 Å². The molecule has 0 radical (unpaired) electrons. The van der Waals surface area contributed by atoms with E-state index in [0.717, 1.165) is 37.1 Å². The fourth-order valence-corrected chi connectivity index (χ4v) is 2.08. The summed E-state index contributed by atoms with van der Waals surface area (Å²) in [5.74, 6) is 0.659. The predicted octanol–water partition coefficient (Wildman–Crippen LogP) is 2.72. The molecule has 0 aliphatic rings. The van der Waals surface area contributed by atoms with Crippen LogP contribution in [0.3, 0.4) is 0 Å². The minimum atomic E-state index is -0.00637. The van der Waals surface area contributed by atoms with Gasteiger partial charge in [0.05, 0.1) is 18.3 Å². The molecule has 1 rings (SSSR count). The first kappa shape index (κ1) is 14.2. The van der Waals surface area contributed by atoms with Crippen molar-refractivity contribution in [1.82, 2.24) is 15.0 Å². The third-order valence-corrected chi connectivity index (χ3v) is 3.27. The molecule has 17 heavy (non-hydrogen) atoms. The molecule has 0 saturated heterocycles. The Morgan fingerprint density at radius 3 is 2.35 bits per heavy atom. The third-order valence-electron chi connectivity index (χ3n) is 3.27. The Hall–Kier alpha value is -0.900.